The van der Waals surface area contributed by atoms with Crippen LogP contribution in [0.3, 0.4) is 0 Å². The summed E-state index contributed by atoms with van der Waals surface area (Å²) in [4.78, 5) is 38.6. The van der Waals surface area contributed by atoms with Crippen LogP contribution in [-0.2, 0) is 24.2 Å². The first-order chi connectivity index (χ1) is 24.4. The number of aromatic amines is 1. The van der Waals surface area contributed by atoms with E-state index in [-0.39, 0.29) is 42.0 Å². The van der Waals surface area contributed by atoms with Crippen molar-refractivity contribution in [1.29, 1.82) is 0 Å². The van der Waals surface area contributed by atoms with Crippen LogP contribution in [0.1, 0.15) is 68.0 Å². The number of pyridine rings is 2. The summed E-state index contributed by atoms with van der Waals surface area (Å²) in [7, 11) is 0. The molecule has 1 N–H and O–H groups in total. The molecule has 2 aromatic heterocycles. The lowest BCUT2D eigenvalue weighted by Crippen LogP contribution is -2.49. The normalized spacial score (nSPS) is 19.8. The highest BCUT2D eigenvalue weighted by Crippen LogP contribution is 2.50. The van der Waals surface area contributed by atoms with E-state index in [0.29, 0.717) is 63.1 Å². The first-order valence-electron chi connectivity index (χ1n) is 17.8. The maximum Gasteiger partial charge on any atom is 0.260 e. The molecule has 8 nitrogen and oxygen atoms in total. The first kappa shape index (κ1) is 34.9. The lowest BCUT2D eigenvalue weighted by molar-refractivity contribution is -0.135. The summed E-state index contributed by atoms with van der Waals surface area (Å²) in [5.41, 5.74) is 5.48. The standard InChI is InChI=1S/C40H44F3N5O3/c1-5-26-17-34-35(45-39(26)50)15-25(20-44-34)21-46-10-12-47(13-11-46)36(49)22-51-28-18-32(41)37(33(42)19-28)38-31-16-27-8-6-7-9-29(27)30(31)14-24(2)48(38)23-40(3,4)43/h6-9,15,17-20,24,38H,5,10-14,16,21-23H2,1-4H3,(H,45,50)/t24-,38+/m1/s1. The van der Waals surface area contributed by atoms with Crippen LogP contribution in [0.2, 0.25) is 0 Å². The van der Waals surface area contributed by atoms with E-state index < -0.39 is 23.3 Å². The molecule has 0 spiro atoms. The smallest absolute Gasteiger partial charge is 0.260 e. The zero-order valence-electron chi connectivity index (χ0n) is 29.6. The molecule has 51 heavy (non-hydrogen) atoms. The fourth-order valence-electron chi connectivity index (χ4n) is 7.92. The molecule has 2 aliphatic heterocycles. The number of fused-ring (bicyclic) bond motifs is 3. The number of hydrogen-bond donors (Lipinski definition) is 1. The lowest BCUT2D eigenvalue weighted by atomic mass is 9.84. The summed E-state index contributed by atoms with van der Waals surface area (Å²) in [5, 5.41) is 0. The summed E-state index contributed by atoms with van der Waals surface area (Å²) >= 11 is 0. The Labute approximate surface area is 295 Å². The number of carbonyl (C=O) groups excluding carboxylic acids is 1. The maximum absolute atomic E-state index is 16.1. The van der Waals surface area contributed by atoms with Gasteiger partial charge in [-0.25, -0.2) is 13.2 Å². The Bertz CT molecular complexity index is 2040. The molecule has 1 fully saturated rings. The molecule has 7 rings (SSSR count). The van der Waals surface area contributed by atoms with Gasteiger partial charge in [-0.15, -0.1) is 0 Å². The molecule has 2 aromatic carbocycles. The minimum absolute atomic E-state index is 0.0185. The van der Waals surface area contributed by atoms with E-state index in [4.69, 9.17) is 4.74 Å². The van der Waals surface area contributed by atoms with E-state index in [1.807, 2.05) is 61.3 Å². The third-order valence-electron chi connectivity index (χ3n) is 10.4. The van der Waals surface area contributed by atoms with Gasteiger partial charge in [0.05, 0.1) is 17.1 Å². The van der Waals surface area contributed by atoms with Crippen molar-refractivity contribution < 1.29 is 22.7 Å². The van der Waals surface area contributed by atoms with Crippen molar-refractivity contribution in [3.63, 3.8) is 0 Å². The number of alkyl halides is 1. The topological polar surface area (TPSA) is 81.8 Å². The molecular formula is C40H44F3N5O3. The zero-order chi connectivity index (χ0) is 36.0. The number of ether oxygens (including phenoxy) is 1. The summed E-state index contributed by atoms with van der Waals surface area (Å²) in [5.74, 6) is -1.91. The van der Waals surface area contributed by atoms with Gasteiger partial charge in [-0.3, -0.25) is 24.4 Å². The van der Waals surface area contributed by atoms with Gasteiger partial charge in [0.25, 0.3) is 11.5 Å². The molecule has 268 valence electrons. The average molecular weight is 700 g/mol. The van der Waals surface area contributed by atoms with Gasteiger partial charge in [-0.05, 0) is 80.0 Å². The molecule has 0 unspecified atom stereocenters. The predicted molar refractivity (Wildman–Crippen MR) is 191 cm³/mol. The summed E-state index contributed by atoms with van der Waals surface area (Å²) in [6.45, 7) is 9.37. The molecule has 2 atom stereocenters. The van der Waals surface area contributed by atoms with Crippen molar-refractivity contribution >= 4 is 22.5 Å². The number of aryl methyl sites for hydroxylation is 1. The molecule has 0 bridgehead atoms. The van der Waals surface area contributed by atoms with Gasteiger partial charge in [0.2, 0.25) is 0 Å². The number of halogens is 3. The fourth-order valence-corrected chi connectivity index (χ4v) is 7.92. The van der Waals surface area contributed by atoms with Gasteiger partial charge in [-0.2, -0.15) is 0 Å². The quantitative estimate of drug-likeness (QED) is 0.219. The molecule has 0 saturated carbocycles. The van der Waals surface area contributed by atoms with Gasteiger partial charge in [0.1, 0.15) is 23.1 Å². The summed E-state index contributed by atoms with van der Waals surface area (Å²) < 4.78 is 52.9. The monoisotopic (exact) mass is 699 g/mol. The van der Waals surface area contributed by atoms with Crippen LogP contribution < -0.4 is 10.3 Å². The third kappa shape index (κ3) is 7.19. The Kier molecular flexibility index (Phi) is 9.54. The number of benzene rings is 2. The number of H-pyrrole nitrogens is 1. The van der Waals surface area contributed by atoms with Crippen molar-refractivity contribution in [1.82, 2.24) is 24.7 Å². The van der Waals surface area contributed by atoms with Crippen molar-refractivity contribution in [2.45, 2.75) is 71.3 Å². The summed E-state index contributed by atoms with van der Waals surface area (Å²) in [6, 6.07) is 13.1. The molecule has 4 heterocycles. The molecule has 3 aliphatic rings. The van der Waals surface area contributed by atoms with Gasteiger partial charge >= 0.3 is 0 Å². The minimum Gasteiger partial charge on any atom is -0.484 e. The fraction of sp³-hybridized carbons (Fsp3) is 0.425. The molecular weight excluding hydrogens is 655 g/mol. The van der Waals surface area contributed by atoms with Crippen LogP contribution in [0.25, 0.3) is 16.6 Å². The van der Waals surface area contributed by atoms with Gasteiger partial charge < -0.3 is 14.6 Å². The molecule has 1 aliphatic carbocycles. The third-order valence-corrected chi connectivity index (χ3v) is 10.4. The predicted octanol–water partition coefficient (Wildman–Crippen LogP) is 6.38. The van der Waals surface area contributed by atoms with Crippen LogP contribution in [0.4, 0.5) is 13.2 Å². The average Bonchev–Trinajstić information content (AvgIpc) is 3.45. The van der Waals surface area contributed by atoms with Crippen LogP contribution in [0.15, 0.2) is 65.1 Å². The van der Waals surface area contributed by atoms with Crippen LogP contribution in [0, 0.1) is 11.6 Å². The Morgan fingerprint density at radius 1 is 1.06 bits per heavy atom. The van der Waals surface area contributed by atoms with Crippen molar-refractivity contribution in [3.05, 3.63) is 110 Å². The van der Waals surface area contributed by atoms with E-state index in [9.17, 15) is 9.59 Å². The Morgan fingerprint density at radius 3 is 2.49 bits per heavy atom. The molecule has 0 radical (unpaired) electrons. The van der Waals surface area contributed by atoms with Crippen LogP contribution in [0.5, 0.6) is 5.75 Å². The number of aromatic nitrogens is 2. The lowest BCUT2D eigenvalue weighted by Gasteiger charge is -2.44. The highest BCUT2D eigenvalue weighted by molar-refractivity contribution is 5.79. The summed E-state index contributed by atoms with van der Waals surface area (Å²) in [6.07, 6.45) is 3.66. The van der Waals surface area contributed by atoms with Gasteiger partial charge in [0, 0.05) is 74.8 Å². The largest absolute Gasteiger partial charge is 0.484 e. The number of nitrogens with zero attached hydrogens (tertiary/aromatic N) is 4. The van der Waals surface area contributed by atoms with Crippen molar-refractivity contribution in [2.24, 2.45) is 0 Å². The molecule has 4 aromatic rings. The highest BCUT2D eigenvalue weighted by atomic mass is 19.1. The SMILES string of the molecule is CCc1cc2ncc(CN3CCN(C(=O)COc4cc(F)c([C@@H]5C6=C(C[C@@H](C)N5CC(C)(C)F)c5ccccc5C6)c(F)c4)CC3)cc2[nH]c1=O. The number of nitrogens with one attached hydrogen (secondary N) is 1. The number of rotatable bonds is 9. The van der Waals surface area contributed by atoms with E-state index in [1.54, 1.807) is 4.90 Å². The Balaban J connectivity index is 1.01. The number of carbonyl (C=O) groups is 1. The maximum atomic E-state index is 16.1. The van der Waals surface area contributed by atoms with Crippen molar-refractivity contribution in [3.8, 4) is 5.75 Å². The number of hydrogen-bond acceptors (Lipinski definition) is 6. The van der Waals surface area contributed by atoms with Crippen molar-refractivity contribution in [2.75, 3.05) is 39.3 Å². The van der Waals surface area contributed by atoms with E-state index in [1.165, 1.54) is 13.8 Å². The van der Waals surface area contributed by atoms with E-state index >= 15 is 13.2 Å². The highest BCUT2D eigenvalue weighted by Gasteiger charge is 2.43. The zero-order valence-corrected chi connectivity index (χ0v) is 29.6. The Morgan fingerprint density at radius 2 is 1.78 bits per heavy atom. The van der Waals surface area contributed by atoms with E-state index in [0.717, 1.165) is 45.5 Å². The van der Waals surface area contributed by atoms with Gasteiger partial charge in [0.15, 0.2) is 6.61 Å². The minimum atomic E-state index is -1.58. The first-order valence-corrected chi connectivity index (χ1v) is 17.8. The number of amides is 1. The second-order valence-corrected chi connectivity index (χ2v) is 14.7. The number of piperazine rings is 1. The second-order valence-electron chi connectivity index (χ2n) is 14.7. The van der Waals surface area contributed by atoms with Crippen LogP contribution in [-0.4, -0.2) is 81.6 Å². The second kappa shape index (κ2) is 13.9. The Hall–Kier alpha value is -4.48. The molecule has 1 amide bonds. The molecule has 1 saturated heterocycles. The van der Waals surface area contributed by atoms with Gasteiger partial charge in [-0.1, -0.05) is 31.2 Å². The van der Waals surface area contributed by atoms with Crippen LogP contribution >= 0.6 is 0 Å². The van der Waals surface area contributed by atoms with E-state index in [2.05, 4.69) is 14.9 Å². The molecule has 11 heteroatoms.